The van der Waals surface area contributed by atoms with Crippen molar-refractivity contribution in [3.8, 4) is 17.1 Å². The summed E-state index contributed by atoms with van der Waals surface area (Å²) in [5, 5.41) is 11.2. The first-order valence-electron chi connectivity index (χ1n) is 8.73. The van der Waals surface area contributed by atoms with Gasteiger partial charge in [-0.05, 0) is 66.5 Å². The van der Waals surface area contributed by atoms with E-state index in [0.717, 1.165) is 17.7 Å². The van der Waals surface area contributed by atoms with Gasteiger partial charge in [-0.1, -0.05) is 26.0 Å². The van der Waals surface area contributed by atoms with Crippen LogP contribution in [0.3, 0.4) is 0 Å². The van der Waals surface area contributed by atoms with Gasteiger partial charge in [0.2, 0.25) is 4.77 Å². The van der Waals surface area contributed by atoms with Gasteiger partial charge in [0.05, 0.1) is 12.8 Å². The molecule has 0 aliphatic heterocycles. The third-order valence-electron chi connectivity index (χ3n) is 3.90. The molecule has 0 radical (unpaired) electrons. The highest BCUT2D eigenvalue weighted by Gasteiger charge is 2.08. The van der Waals surface area contributed by atoms with Crippen LogP contribution in [0.4, 0.5) is 4.39 Å². The topological polar surface area (TPSA) is 55.2 Å². The van der Waals surface area contributed by atoms with E-state index in [1.54, 1.807) is 18.3 Å². The highest BCUT2D eigenvalue weighted by atomic mass is 32.1. The van der Waals surface area contributed by atoms with E-state index in [1.165, 1.54) is 16.8 Å². The number of nitrogens with zero attached hydrogens (tertiary/aromatic N) is 3. The second-order valence-corrected chi connectivity index (χ2v) is 6.91. The molecule has 0 unspecified atom stereocenters. The lowest BCUT2D eigenvalue weighted by Crippen LogP contribution is -2.01. The van der Waals surface area contributed by atoms with E-state index in [9.17, 15) is 4.39 Å². The second kappa shape index (κ2) is 8.73. The third-order valence-corrected chi connectivity index (χ3v) is 4.16. The number of hydrogen-bond acceptors (Lipinski definition) is 4. The maximum Gasteiger partial charge on any atom is 0.216 e. The minimum absolute atomic E-state index is 0.333. The van der Waals surface area contributed by atoms with Crippen LogP contribution in [0.15, 0.2) is 53.6 Å². The Kier molecular flexibility index (Phi) is 6.13. The zero-order valence-corrected chi connectivity index (χ0v) is 16.0. The summed E-state index contributed by atoms with van der Waals surface area (Å²) >= 11 is 5.23. The predicted molar refractivity (Wildman–Crippen MR) is 107 cm³/mol. The first-order chi connectivity index (χ1) is 13.0. The zero-order valence-electron chi connectivity index (χ0n) is 15.2. The summed E-state index contributed by atoms with van der Waals surface area (Å²) in [6.45, 7) is 5.04. The molecule has 0 aliphatic rings. The number of aromatic amines is 1. The molecule has 0 saturated heterocycles. The summed E-state index contributed by atoms with van der Waals surface area (Å²) < 4.78 is 21.0. The van der Waals surface area contributed by atoms with Crippen molar-refractivity contribution in [2.75, 3.05) is 6.61 Å². The summed E-state index contributed by atoms with van der Waals surface area (Å²) in [6.07, 6.45) is 2.69. The highest BCUT2D eigenvalue weighted by molar-refractivity contribution is 7.71. The molecule has 0 atom stereocenters. The Morgan fingerprint density at radius 2 is 2.04 bits per heavy atom. The molecule has 140 valence electrons. The van der Waals surface area contributed by atoms with Gasteiger partial charge in [-0.15, -0.1) is 0 Å². The van der Waals surface area contributed by atoms with E-state index in [0.29, 0.717) is 28.7 Å². The Morgan fingerprint density at radius 3 is 2.74 bits per heavy atom. The molecular weight excluding hydrogens is 363 g/mol. The summed E-state index contributed by atoms with van der Waals surface area (Å²) in [7, 11) is 0. The molecule has 0 amide bonds. The normalized spacial score (nSPS) is 11.4. The molecule has 1 N–H and O–H groups in total. The molecule has 0 fully saturated rings. The minimum Gasteiger partial charge on any atom is -0.494 e. The Morgan fingerprint density at radius 1 is 1.26 bits per heavy atom. The van der Waals surface area contributed by atoms with E-state index in [1.807, 2.05) is 24.3 Å². The van der Waals surface area contributed by atoms with Crippen LogP contribution < -0.4 is 4.74 Å². The van der Waals surface area contributed by atoms with Gasteiger partial charge in [-0.3, -0.25) is 0 Å². The molecule has 27 heavy (non-hydrogen) atoms. The van der Waals surface area contributed by atoms with E-state index < -0.39 is 0 Å². The fourth-order valence-electron chi connectivity index (χ4n) is 2.40. The number of ether oxygens (including phenoxy) is 1. The van der Waals surface area contributed by atoms with Crippen LogP contribution in [0.25, 0.3) is 11.4 Å². The van der Waals surface area contributed by atoms with Crippen molar-refractivity contribution in [1.82, 2.24) is 14.9 Å². The van der Waals surface area contributed by atoms with E-state index in [-0.39, 0.29) is 5.82 Å². The summed E-state index contributed by atoms with van der Waals surface area (Å²) in [4.78, 5) is 0. The van der Waals surface area contributed by atoms with Crippen molar-refractivity contribution in [1.29, 1.82) is 0 Å². The molecule has 0 aliphatic carbocycles. The molecule has 7 heteroatoms. The molecule has 0 bridgehead atoms. The van der Waals surface area contributed by atoms with Gasteiger partial charge in [0, 0.05) is 5.56 Å². The molecule has 3 rings (SSSR count). The lowest BCUT2D eigenvalue weighted by Gasteiger charge is -2.08. The Labute approximate surface area is 162 Å². The van der Waals surface area contributed by atoms with Gasteiger partial charge in [-0.2, -0.15) is 14.9 Å². The van der Waals surface area contributed by atoms with Gasteiger partial charge in [-0.25, -0.2) is 9.49 Å². The molecule has 0 spiro atoms. The highest BCUT2D eigenvalue weighted by Crippen LogP contribution is 2.18. The third kappa shape index (κ3) is 5.10. The Hall–Kier alpha value is -2.80. The Bertz CT molecular complexity index is 976. The largest absolute Gasteiger partial charge is 0.494 e. The van der Waals surface area contributed by atoms with Gasteiger partial charge in [0.15, 0.2) is 5.82 Å². The molecule has 3 aromatic rings. The van der Waals surface area contributed by atoms with Gasteiger partial charge in [0.1, 0.15) is 11.6 Å². The number of nitrogens with one attached hydrogen (secondary N) is 1. The molecule has 2 aromatic carbocycles. The molecule has 1 aromatic heterocycles. The SMILES string of the molecule is CC(C)CCOc1ccc(/C=N\n2c(-c3cccc(F)c3)n[nH]c2=S)cc1. The zero-order chi connectivity index (χ0) is 19.2. The number of halogens is 1. The fourth-order valence-corrected chi connectivity index (χ4v) is 2.58. The van der Waals surface area contributed by atoms with Crippen molar-refractivity contribution in [2.24, 2.45) is 11.0 Å². The predicted octanol–water partition coefficient (Wildman–Crippen LogP) is 5.05. The quantitative estimate of drug-likeness (QED) is 0.458. The number of aromatic nitrogens is 3. The number of benzene rings is 2. The van der Waals surface area contributed by atoms with Gasteiger partial charge < -0.3 is 4.74 Å². The minimum atomic E-state index is -0.343. The number of H-pyrrole nitrogens is 1. The van der Waals surface area contributed by atoms with Gasteiger partial charge >= 0.3 is 0 Å². The van der Waals surface area contributed by atoms with Crippen LogP contribution in [0.2, 0.25) is 0 Å². The van der Waals surface area contributed by atoms with Crippen molar-refractivity contribution < 1.29 is 9.13 Å². The van der Waals surface area contributed by atoms with Crippen LogP contribution in [-0.4, -0.2) is 27.7 Å². The average molecular weight is 384 g/mol. The van der Waals surface area contributed by atoms with E-state index >= 15 is 0 Å². The van der Waals surface area contributed by atoms with Crippen LogP contribution in [0, 0.1) is 16.5 Å². The molecule has 1 heterocycles. The maximum atomic E-state index is 13.5. The van der Waals surface area contributed by atoms with Crippen molar-refractivity contribution in [3.63, 3.8) is 0 Å². The molecular formula is C20H21FN4OS. The first-order valence-corrected chi connectivity index (χ1v) is 9.14. The average Bonchev–Trinajstić information content (AvgIpc) is 3.01. The summed E-state index contributed by atoms with van der Waals surface area (Å²) in [5.41, 5.74) is 1.48. The standard InChI is InChI=1S/C20H21FN4OS/c1-14(2)10-11-26-18-8-6-15(7-9-18)13-22-25-19(23-24-20(25)27)16-4-3-5-17(21)12-16/h3-9,12-14H,10-11H2,1-2H3,(H,24,27)/b22-13-. The van der Waals surface area contributed by atoms with Crippen molar-refractivity contribution >= 4 is 18.4 Å². The monoisotopic (exact) mass is 384 g/mol. The molecule has 5 nitrogen and oxygen atoms in total. The lowest BCUT2D eigenvalue weighted by atomic mass is 10.1. The lowest BCUT2D eigenvalue weighted by molar-refractivity contribution is 0.289. The Balaban J connectivity index is 1.75. The summed E-state index contributed by atoms with van der Waals surface area (Å²) in [5.74, 6) is 1.55. The fraction of sp³-hybridized carbons (Fsp3) is 0.250. The smallest absolute Gasteiger partial charge is 0.216 e. The van der Waals surface area contributed by atoms with Crippen LogP contribution >= 0.6 is 12.2 Å². The molecule has 0 saturated carbocycles. The number of rotatable bonds is 7. The van der Waals surface area contributed by atoms with Gasteiger partial charge in [0.25, 0.3) is 0 Å². The maximum absolute atomic E-state index is 13.5. The van der Waals surface area contributed by atoms with Crippen molar-refractivity contribution in [3.05, 3.63) is 64.7 Å². The van der Waals surface area contributed by atoms with Crippen molar-refractivity contribution in [2.45, 2.75) is 20.3 Å². The number of hydrogen-bond donors (Lipinski definition) is 1. The van der Waals surface area contributed by atoms with E-state index in [4.69, 9.17) is 17.0 Å². The van der Waals surface area contributed by atoms with E-state index in [2.05, 4.69) is 29.1 Å². The van der Waals surface area contributed by atoms with Crippen LogP contribution in [0.1, 0.15) is 25.8 Å². The van der Waals surface area contributed by atoms with Crippen LogP contribution in [-0.2, 0) is 0 Å². The first kappa shape index (κ1) is 19.0. The summed E-state index contributed by atoms with van der Waals surface area (Å²) in [6, 6.07) is 13.8. The van der Waals surface area contributed by atoms with Crippen LogP contribution in [0.5, 0.6) is 5.75 Å². The second-order valence-electron chi connectivity index (χ2n) is 6.52.